The number of nitrogens with zero attached hydrogens (tertiary/aromatic N) is 3. The summed E-state index contributed by atoms with van der Waals surface area (Å²) in [4.78, 5) is 7.68. The van der Waals surface area contributed by atoms with Crippen LogP contribution in [-0.2, 0) is 0 Å². The van der Waals surface area contributed by atoms with Crippen LogP contribution < -0.4 is 0 Å². The fourth-order valence-corrected chi connectivity index (χ4v) is 5.07. The second-order valence-corrected chi connectivity index (χ2v) is 8.11. The van der Waals surface area contributed by atoms with E-state index in [1.165, 1.54) is 68.4 Å². The molecule has 0 spiro atoms. The molecule has 5 rings (SSSR count). The number of aromatic nitrogens is 2. The first kappa shape index (κ1) is 16.9. The molecule has 3 nitrogen and oxygen atoms in total. The summed E-state index contributed by atoms with van der Waals surface area (Å²) < 4.78 is 16.0. The van der Waals surface area contributed by atoms with Gasteiger partial charge in [-0.3, -0.25) is 4.90 Å². The third kappa shape index (κ3) is 2.96. The molecule has 4 heteroatoms. The van der Waals surface area contributed by atoms with Crippen LogP contribution in [0.25, 0.3) is 22.4 Å². The monoisotopic (exact) mass is 363 g/mol. The molecular weight excluding hydrogens is 337 g/mol. The van der Waals surface area contributed by atoms with Gasteiger partial charge in [0.2, 0.25) is 0 Å². The molecule has 0 bridgehead atoms. The number of imidazole rings is 1. The summed E-state index contributed by atoms with van der Waals surface area (Å²) in [5.41, 5.74) is 4.50. The van der Waals surface area contributed by atoms with Gasteiger partial charge in [-0.15, -0.1) is 0 Å². The predicted octanol–water partition coefficient (Wildman–Crippen LogP) is 5.34. The molecule has 0 amide bonds. The number of piperidine rings is 2. The summed E-state index contributed by atoms with van der Waals surface area (Å²) in [7, 11) is 0. The second kappa shape index (κ2) is 6.75. The van der Waals surface area contributed by atoms with E-state index in [1.807, 2.05) is 12.1 Å². The molecule has 0 N–H and O–H groups in total. The number of aryl methyl sites for hydroxylation is 1. The van der Waals surface area contributed by atoms with Gasteiger partial charge in [-0.05, 0) is 87.7 Å². The maximum absolute atomic E-state index is 13.5. The molecule has 0 aliphatic carbocycles. The molecule has 2 aromatic carbocycles. The summed E-state index contributed by atoms with van der Waals surface area (Å²) in [5.74, 6) is 0.779. The maximum atomic E-state index is 13.5. The van der Waals surface area contributed by atoms with E-state index in [0.717, 1.165) is 16.9 Å². The van der Waals surface area contributed by atoms with Gasteiger partial charge < -0.3 is 4.57 Å². The molecule has 140 valence electrons. The van der Waals surface area contributed by atoms with E-state index in [9.17, 15) is 4.39 Å². The molecule has 2 atom stereocenters. The summed E-state index contributed by atoms with van der Waals surface area (Å²) in [6.07, 6.45) is 6.32. The summed E-state index contributed by atoms with van der Waals surface area (Å²) in [6.45, 7) is 4.58. The van der Waals surface area contributed by atoms with Crippen molar-refractivity contribution in [1.82, 2.24) is 14.5 Å². The van der Waals surface area contributed by atoms with Gasteiger partial charge in [0.1, 0.15) is 11.6 Å². The first-order chi connectivity index (χ1) is 13.2. The van der Waals surface area contributed by atoms with Crippen LogP contribution >= 0.6 is 0 Å². The van der Waals surface area contributed by atoms with E-state index < -0.39 is 0 Å². The Morgan fingerprint density at radius 3 is 2.56 bits per heavy atom. The first-order valence-corrected chi connectivity index (χ1v) is 10.2. The lowest BCUT2D eigenvalue weighted by atomic mass is 9.88. The molecule has 2 aliphatic rings. The van der Waals surface area contributed by atoms with Gasteiger partial charge >= 0.3 is 0 Å². The maximum Gasteiger partial charge on any atom is 0.141 e. The highest BCUT2D eigenvalue weighted by Crippen LogP contribution is 2.39. The Morgan fingerprint density at radius 2 is 1.70 bits per heavy atom. The minimum absolute atomic E-state index is 0.201. The zero-order valence-corrected chi connectivity index (χ0v) is 15.9. The van der Waals surface area contributed by atoms with Gasteiger partial charge in [-0.2, -0.15) is 0 Å². The van der Waals surface area contributed by atoms with Crippen molar-refractivity contribution in [2.75, 3.05) is 13.1 Å². The first-order valence-electron chi connectivity index (χ1n) is 10.2. The van der Waals surface area contributed by atoms with Crippen molar-refractivity contribution >= 4 is 11.0 Å². The van der Waals surface area contributed by atoms with Gasteiger partial charge in [0, 0.05) is 11.6 Å². The second-order valence-electron chi connectivity index (χ2n) is 8.11. The highest BCUT2D eigenvalue weighted by Gasteiger charge is 2.36. The van der Waals surface area contributed by atoms with Crippen LogP contribution in [0.5, 0.6) is 0 Å². The molecular formula is C23H26FN3. The highest BCUT2D eigenvalue weighted by molar-refractivity contribution is 5.81. The average molecular weight is 363 g/mol. The molecule has 3 aromatic rings. The van der Waals surface area contributed by atoms with Crippen molar-refractivity contribution < 1.29 is 4.39 Å². The average Bonchev–Trinajstić information content (AvgIpc) is 3.06. The van der Waals surface area contributed by atoms with E-state index in [-0.39, 0.29) is 5.82 Å². The molecule has 3 heterocycles. The highest BCUT2D eigenvalue weighted by atomic mass is 19.1. The number of fused-ring (bicyclic) bond motifs is 2. The van der Waals surface area contributed by atoms with Crippen molar-refractivity contribution in [2.24, 2.45) is 0 Å². The van der Waals surface area contributed by atoms with Gasteiger partial charge in [0.25, 0.3) is 0 Å². The van der Waals surface area contributed by atoms with Crippen molar-refractivity contribution in [1.29, 1.82) is 0 Å². The third-order valence-corrected chi connectivity index (χ3v) is 6.33. The van der Waals surface area contributed by atoms with Crippen LogP contribution in [-0.4, -0.2) is 33.6 Å². The van der Waals surface area contributed by atoms with E-state index >= 15 is 0 Å². The fraction of sp³-hybridized carbons (Fsp3) is 0.435. The summed E-state index contributed by atoms with van der Waals surface area (Å²) in [5, 5.41) is 0. The molecule has 2 fully saturated rings. The van der Waals surface area contributed by atoms with E-state index in [2.05, 4.69) is 34.6 Å². The van der Waals surface area contributed by atoms with Gasteiger partial charge in [0.05, 0.1) is 17.1 Å². The molecule has 27 heavy (non-hydrogen) atoms. The lowest BCUT2D eigenvalue weighted by Crippen LogP contribution is -2.48. The van der Waals surface area contributed by atoms with Crippen molar-refractivity contribution in [3.05, 3.63) is 53.8 Å². The summed E-state index contributed by atoms with van der Waals surface area (Å²) in [6, 6.07) is 14.3. The Hall–Kier alpha value is -2.20. The smallest absolute Gasteiger partial charge is 0.141 e. The number of benzene rings is 2. The fourth-order valence-electron chi connectivity index (χ4n) is 5.07. The quantitative estimate of drug-likeness (QED) is 0.613. The minimum atomic E-state index is -0.201. The van der Waals surface area contributed by atoms with Crippen LogP contribution in [0.3, 0.4) is 0 Å². The molecule has 2 aliphatic heterocycles. The standard InChI is InChI=1S/C23H26FN3/c1-16-7-12-19-22(15-16)27(23(25-19)17-8-10-18(24)11-9-17)21-6-4-14-26-13-3-2-5-20(21)26/h7-12,15,20-21H,2-6,13-14H2,1H3/t20-,21?/m1/s1. The zero-order chi connectivity index (χ0) is 18.4. The molecule has 2 saturated heterocycles. The number of hydrogen-bond acceptors (Lipinski definition) is 2. The normalized spacial score (nSPS) is 23.5. The topological polar surface area (TPSA) is 21.1 Å². The predicted molar refractivity (Wildman–Crippen MR) is 107 cm³/mol. The summed E-state index contributed by atoms with van der Waals surface area (Å²) >= 11 is 0. The van der Waals surface area contributed by atoms with Crippen molar-refractivity contribution in [2.45, 2.75) is 51.1 Å². The van der Waals surface area contributed by atoms with Gasteiger partial charge in [-0.1, -0.05) is 12.5 Å². The molecule has 0 saturated carbocycles. The third-order valence-electron chi connectivity index (χ3n) is 6.33. The van der Waals surface area contributed by atoms with E-state index in [4.69, 9.17) is 4.98 Å². The van der Waals surface area contributed by atoms with Crippen LogP contribution in [0.1, 0.15) is 43.7 Å². The Balaban J connectivity index is 1.70. The number of rotatable bonds is 2. The van der Waals surface area contributed by atoms with Gasteiger partial charge in [-0.25, -0.2) is 9.37 Å². The SMILES string of the molecule is Cc1ccc2nc(-c3ccc(F)cc3)n(C3CCCN4CCCC[C@H]34)c2c1. The van der Waals surface area contributed by atoms with Crippen LogP contribution in [0, 0.1) is 12.7 Å². The minimum Gasteiger partial charge on any atom is -0.319 e. The van der Waals surface area contributed by atoms with Gasteiger partial charge in [0.15, 0.2) is 0 Å². The van der Waals surface area contributed by atoms with E-state index in [1.54, 1.807) is 0 Å². The largest absolute Gasteiger partial charge is 0.319 e. The Kier molecular flexibility index (Phi) is 4.24. The van der Waals surface area contributed by atoms with E-state index in [0.29, 0.717) is 12.1 Å². The molecule has 1 aromatic heterocycles. The van der Waals surface area contributed by atoms with Crippen LogP contribution in [0.2, 0.25) is 0 Å². The zero-order valence-electron chi connectivity index (χ0n) is 15.9. The number of halogens is 1. The molecule has 0 radical (unpaired) electrons. The Bertz CT molecular complexity index is 958. The molecule has 1 unspecified atom stereocenters. The Morgan fingerprint density at radius 1 is 0.926 bits per heavy atom. The number of hydrogen-bond donors (Lipinski definition) is 0. The Labute approximate surface area is 159 Å². The lowest BCUT2D eigenvalue weighted by Gasteiger charge is -2.45. The lowest BCUT2D eigenvalue weighted by molar-refractivity contribution is 0.0666. The van der Waals surface area contributed by atoms with Crippen molar-refractivity contribution in [3.63, 3.8) is 0 Å². The van der Waals surface area contributed by atoms with Crippen LogP contribution in [0.4, 0.5) is 4.39 Å². The van der Waals surface area contributed by atoms with Crippen molar-refractivity contribution in [3.8, 4) is 11.4 Å². The van der Waals surface area contributed by atoms with Crippen LogP contribution in [0.15, 0.2) is 42.5 Å².